The van der Waals surface area contributed by atoms with Crippen LogP contribution < -0.4 is 4.74 Å². The summed E-state index contributed by atoms with van der Waals surface area (Å²) >= 11 is 0. The number of carbonyl (C=O) groups is 1. The normalized spacial score (nSPS) is 9.78. The number of nitrogens with zero attached hydrogens (tertiary/aromatic N) is 2. The molecule has 1 heterocycles. The van der Waals surface area contributed by atoms with E-state index in [-0.39, 0.29) is 0 Å². The number of carbonyl (C=O) groups excluding carboxylic acids is 1. The van der Waals surface area contributed by atoms with Gasteiger partial charge in [-0.1, -0.05) is 0 Å². The van der Waals surface area contributed by atoms with Crippen LogP contribution in [0.15, 0.2) is 36.5 Å². The van der Waals surface area contributed by atoms with Crippen molar-refractivity contribution in [3.63, 3.8) is 0 Å². The molecule has 0 fully saturated rings. The fraction of sp³-hybridized carbons (Fsp3) is 0.143. The molecule has 1 aromatic carbocycles. The Morgan fingerprint density at radius 3 is 2.94 bits per heavy atom. The maximum Gasteiger partial charge on any atom is 0.150 e. The zero-order valence-electron chi connectivity index (χ0n) is 9.96. The van der Waals surface area contributed by atoms with Crippen molar-refractivity contribution in [2.75, 3.05) is 7.11 Å². The molecule has 0 unspecified atom stereocenters. The van der Waals surface area contributed by atoms with Gasteiger partial charge in [0, 0.05) is 17.3 Å². The van der Waals surface area contributed by atoms with Crippen LogP contribution in [0.5, 0.6) is 5.75 Å². The highest BCUT2D eigenvalue weighted by molar-refractivity contribution is 5.75. The summed E-state index contributed by atoms with van der Waals surface area (Å²) in [5.41, 5.74) is 2.04. The fourth-order valence-corrected chi connectivity index (χ4v) is 1.83. The number of ether oxygens (including phenoxy) is 1. The van der Waals surface area contributed by atoms with Crippen LogP contribution in [0.1, 0.15) is 21.6 Å². The lowest BCUT2D eigenvalue weighted by atomic mass is 10.1. The number of hydrogen-bond acceptors (Lipinski definition) is 3. The van der Waals surface area contributed by atoms with Gasteiger partial charge in [0.1, 0.15) is 23.8 Å². The molecule has 90 valence electrons. The number of aromatic nitrogens is 1. The smallest absolute Gasteiger partial charge is 0.150 e. The Morgan fingerprint density at radius 1 is 1.44 bits per heavy atom. The van der Waals surface area contributed by atoms with E-state index in [9.17, 15) is 4.79 Å². The molecule has 0 saturated heterocycles. The Balaban J connectivity index is 2.38. The van der Waals surface area contributed by atoms with Crippen LogP contribution in [0, 0.1) is 11.3 Å². The Hall–Kier alpha value is -2.54. The van der Waals surface area contributed by atoms with Crippen molar-refractivity contribution >= 4 is 6.29 Å². The van der Waals surface area contributed by atoms with Crippen LogP contribution in [0.2, 0.25) is 0 Å². The quantitative estimate of drug-likeness (QED) is 0.770. The highest BCUT2D eigenvalue weighted by Gasteiger charge is 2.07. The molecular formula is C14H12N2O2. The molecule has 0 N–H and O–H groups in total. The zero-order chi connectivity index (χ0) is 13.0. The average molecular weight is 240 g/mol. The number of methoxy groups -OCH3 is 1. The summed E-state index contributed by atoms with van der Waals surface area (Å²) in [6, 6.07) is 10.9. The van der Waals surface area contributed by atoms with E-state index in [1.807, 2.05) is 16.8 Å². The summed E-state index contributed by atoms with van der Waals surface area (Å²) in [7, 11) is 1.58. The minimum atomic E-state index is 0.501. The number of hydrogen-bond donors (Lipinski definition) is 0. The van der Waals surface area contributed by atoms with E-state index < -0.39 is 0 Å². The minimum Gasteiger partial charge on any atom is -0.496 e. The molecule has 0 aliphatic rings. The number of rotatable bonds is 4. The van der Waals surface area contributed by atoms with Gasteiger partial charge in [0.15, 0.2) is 0 Å². The van der Waals surface area contributed by atoms with E-state index in [0.29, 0.717) is 23.6 Å². The Kier molecular flexibility index (Phi) is 3.44. The summed E-state index contributed by atoms with van der Waals surface area (Å²) < 4.78 is 7.07. The maximum atomic E-state index is 10.8. The second-order valence-electron chi connectivity index (χ2n) is 3.82. The molecule has 0 aliphatic heterocycles. The molecule has 2 aromatic rings. The van der Waals surface area contributed by atoms with E-state index in [4.69, 9.17) is 10.00 Å². The maximum absolute atomic E-state index is 10.8. The molecule has 18 heavy (non-hydrogen) atoms. The lowest BCUT2D eigenvalue weighted by molar-refractivity contribution is 0.112. The SMILES string of the molecule is COc1ccc(C=O)cc1Cn1cccc1C#N. The van der Waals surface area contributed by atoms with Crippen LogP contribution in [-0.2, 0) is 6.54 Å². The number of aldehydes is 1. The third-order valence-electron chi connectivity index (χ3n) is 2.73. The van der Waals surface area contributed by atoms with Gasteiger partial charge < -0.3 is 9.30 Å². The van der Waals surface area contributed by atoms with Crippen molar-refractivity contribution in [3.8, 4) is 11.8 Å². The second kappa shape index (κ2) is 5.19. The molecule has 2 rings (SSSR count). The summed E-state index contributed by atoms with van der Waals surface area (Å²) in [5.74, 6) is 0.707. The Labute approximate surface area is 105 Å². The molecule has 0 atom stereocenters. The fourth-order valence-electron chi connectivity index (χ4n) is 1.83. The molecule has 0 spiro atoms. The van der Waals surface area contributed by atoms with Gasteiger partial charge in [-0.25, -0.2) is 0 Å². The van der Waals surface area contributed by atoms with Crippen molar-refractivity contribution in [2.45, 2.75) is 6.54 Å². The minimum absolute atomic E-state index is 0.501. The summed E-state index contributed by atoms with van der Waals surface area (Å²) in [4.78, 5) is 10.8. The van der Waals surface area contributed by atoms with Gasteiger partial charge in [0.2, 0.25) is 0 Å². The predicted molar refractivity (Wildman–Crippen MR) is 66.6 cm³/mol. The topological polar surface area (TPSA) is 55.0 Å². The van der Waals surface area contributed by atoms with E-state index in [2.05, 4.69) is 6.07 Å². The molecule has 0 radical (unpaired) electrons. The highest BCUT2D eigenvalue weighted by atomic mass is 16.5. The first-order chi connectivity index (χ1) is 8.78. The molecule has 0 saturated carbocycles. The van der Waals surface area contributed by atoms with E-state index in [1.165, 1.54) is 0 Å². The summed E-state index contributed by atoms with van der Waals surface area (Å²) in [6.07, 6.45) is 2.62. The van der Waals surface area contributed by atoms with Gasteiger partial charge in [0.05, 0.1) is 13.7 Å². The average Bonchev–Trinajstić information content (AvgIpc) is 2.86. The second-order valence-corrected chi connectivity index (χ2v) is 3.82. The Bertz CT molecular complexity index is 608. The van der Waals surface area contributed by atoms with Crippen LogP contribution >= 0.6 is 0 Å². The lowest BCUT2D eigenvalue weighted by Crippen LogP contribution is -2.03. The molecule has 1 aromatic heterocycles. The first-order valence-electron chi connectivity index (χ1n) is 5.46. The summed E-state index contributed by atoms with van der Waals surface area (Å²) in [6.45, 7) is 0.501. The van der Waals surface area contributed by atoms with Crippen LogP contribution in [0.4, 0.5) is 0 Å². The van der Waals surface area contributed by atoms with Crippen LogP contribution in [-0.4, -0.2) is 18.0 Å². The molecule has 0 amide bonds. The standard InChI is InChI=1S/C14H12N2O2/c1-18-14-5-4-11(10-17)7-12(14)9-16-6-2-3-13(16)8-15/h2-7,10H,9H2,1H3. The van der Waals surface area contributed by atoms with E-state index >= 15 is 0 Å². The lowest BCUT2D eigenvalue weighted by Gasteiger charge is -2.10. The Morgan fingerprint density at radius 2 is 2.28 bits per heavy atom. The van der Waals surface area contributed by atoms with Gasteiger partial charge in [-0.3, -0.25) is 4.79 Å². The largest absolute Gasteiger partial charge is 0.496 e. The van der Waals surface area contributed by atoms with Crippen LogP contribution in [0.3, 0.4) is 0 Å². The van der Waals surface area contributed by atoms with Crippen molar-refractivity contribution in [2.24, 2.45) is 0 Å². The third kappa shape index (κ3) is 2.25. The van der Waals surface area contributed by atoms with E-state index in [0.717, 1.165) is 11.8 Å². The highest BCUT2D eigenvalue weighted by Crippen LogP contribution is 2.21. The van der Waals surface area contributed by atoms with Gasteiger partial charge >= 0.3 is 0 Å². The summed E-state index contributed by atoms with van der Waals surface area (Å²) in [5, 5.41) is 8.95. The zero-order valence-corrected chi connectivity index (χ0v) is 9.96. The van der Waals surface area contributed by atoms with E-state index in [1.54, 1.807) is 31.4 Å². The van der Waals surface area contributed by atoms with Crippen molar-refractivity contribution in [3.05, 3.63) is 53.3 Å². The number of nitriles is 1. The molecule has 0 bridgehead atoms. The van der Waals surface area contributed by atoms with Crippen LogP contribution in [0.25, 0.3) is 0 Å². The van der Waals surface area contributed by atoms with Crippen molar-refractivity contribution in [1.82, 2.24) is 4.57 Å². The first-order valence-corrected chi connectivity index (χ1v) is 5.46. The monoisotopic (exact) mass is 240 g/mol. The number of benzene rings is 1. The third-order valence-corrected chi connectivity index (χ3v) is 2.73. The van der Waals surface area contributed by atoms with Gasteiger partial charge in [-0.05, 0) is 30.3 Å². The molecular weight excluding hydrogens is 228 g/mol. The predicted octanol–water partition coefficient (Wildman–Crippen LogP) is 2.23. The van der Waals surface area contributed by atoms with Crippen molar-refractivity contribution < 1.29 is 9.53 Å². The van der Waals surface area contributed by atoms with Gasteiger partial charge in [0.25, 0.3) is 0 Å². The molecule has 4 heteroatoms. The van der Waals surface area contributed by atoms with Crippen molar-refractivity contribution in [1.29, 1.82) is 5.26 Å². The van der Waals surface area contributed by atoms with Gasteiger partial charge in [-0.2, -0.15) is 5.26 Å². The first kappa shape index (κ1) is 11.9. The molecule has 0 aliphatic carbocycles. The van der Waals surface area contributed by atoms with Gasteiger partial charge in [-0.15, -0.1) is 0 Å². The molecule has 4 nitrogen and oxygen atoms in total.